The van der Waals surface area contributed by atoms with Gasteiger partial charge in [0.05, 0.1) is 0 Å². The summed E-state index contributed by atoms with van der Waals surface area (Å²) in [5.74, 6) is 0. The molecule has 0 atom stereocenters. The van der Waals surface area contributed by atoms with Gasteiger partial charge in [-0.1, -0.05) is 38.5 Å². The zero-order chi connectivity index (χ0) is 15.6. The topological polar surface area (TPSA) is 45.3 Å². The molecule has 0 amide bonds. The number of halogens is 3. The Morgan fingerprint density at radius 1 is 0.750 bits per heavy atom. The molecule has 8 heteroatoms. The van der Waals surface area contributed by atoms with Gasteiger partial charge in [0.25, 0.3) is 0 Å². The Kier molecular flexibility index (Phi) is 24.5. The number of hydrogen-bond acceptors (Lipinski definition) is 1. The SMILES string of the molecule is C1CC[N-]CC1.C1CC[N-]CC1.CS(C)=O.[Cl][Rh]([Cl])[Cl]. The van der Waals surface area contributed by atoms with Crippen molar-refractivity contribution < 1.29 is 17.2 Å². The first kappa shape index (κ1) is 23.8. The van der Waals surface area contributed by atoms with E-state index in [1.807, 2.05) is 0 Å². The van der Waals surface area contributed by atoms with E-state index in [1.54, 1.807) is 12.5 Å². The summed E-state index contributed by atoms with van der Waals surface area (Å²) in [4.78, 5) is 0. The Hall–Kier alpha value is 1.56. The molecule has 0 spiro atoms. The quantitative estimate of drug-likeness (QED) is 0.466. The molecule has 0 radical (unpaired) electrons. The second kappa shape index (κ2) is 20.6. The molecule has 0 saturated carbocycles. The van der Waals surface area contributed by atoms with Gasteiger partial charge < -0.3 is 10.6 Å². The van der Waals surface area contributed by atoms with E-state index in [0.717, 1.165) is 26.2 Å². The summed E-state index contributed by atoms with van der Waals surface area (Å²) in [6, 6.07) is 0. The molecule has 20 heavy (non-hydrogen) atoms. The van der Waals surface area contributed by atoms with Gasteiger partial charge in [0.1, 0.15) is 0 Å². The van der Waals surface area contributed by atoms with Gasteiger partial charge >= 0.3 is 42.1 Å². The molecule has 2 rings (SSSR count). The average molecular weight is 456 g/mol. The van der Waals surface area contributed by atoms with Crippen LogP contribution < -0.4 is 0 Å². The van der Waals surface area contributed by atoms with E-state index in [9.17, 15) is 4.21 Å². The van der Waals surface area contributed by atoms with Crippen molar-refractivity contribution in [1.82, 2.24) is 0 Å². The zero-order valence-electron chi connectivity index (χ0n) is 12.2. The van der Waals surface area contributed by atoms with Crippen molar-refractivity contribution in [2.75, 3.05) is 38.7 Å². The summed E-state index contributed by atoms with van der Waals surface area (Å²) in [5.41, 5.74) is 0. The standard InChI is InChI=1S/2C5H10N.C2H6OS.3ClH.Rh/c2*1-2-4-6-5-3-1;1-4(2)3;;;;/h2*1-5H2;1-2H3;3*1H;/q2*-1;;;;;+3/p-3. The van der Waals surface area contributed by atoms with Crippen LogP contribution in [-0.4, -0.2) is 42.9 Å². The van der Waals surface area contributed by atoms with Crippen molar-refractivity contribution in [3.05, 3.63) is 10.6 Å². The van der Waals surface area contributed by atoms with Gasteiger partial charge in [-0.3, -0.25) is 4.21 Å². The van der Waals surface area contributed by atoms with Gasteiger partial charge in [0.15, 0.2) is 0 Å². The van der Waals surface area contributed by atoms with Crippen LogP contribution >= 0.6 is 29.1 Å². The Labute approximate surface area is 144 Å². The first-order valence-corrected chi connectivity index (χ1v) is 14.9. The van der Waals surface area contributed by atoms with Crippen LogP contribution in [-0.2, 0) is 23.8 Å². The van der Waals surface area contributed by atoms with E-state index in [0.29, 0.717) is 0 Å². The maximum absolute atomic E-state index is 9.56. The molecule has 128 valence electrons. The minimum atomic E-state index is -1.66. The van der Waals surface area contributed by atoms with Gasteiger partial charge in [-0.05, 0) is 0 Å². The molecular formula is C12H26Cl3N2ORhS-2. The van der Waals surface area contributed by atoms with Crippen LogP contribution in [0.5, 0.6) is 0 Å². The van der Waals surface area contributed by atoms with E-state index in [2.05, 4.69) is 10.6 Å². The van der Waals surface area contributed by atoms with Crippen LogP contribution in [0.4, 0.5) is 0 Å². The van der Waals surface area contributed by atoms with E-state index in [4.69, 9.17) is 29.1 Å². The second-order valence-corrected chi connectivity index (χ2v) is 13.3. The summed E-state index contributed by atoms with van der Waals surface area (Å²) in [7, 11) is 14.2. The van der Waals surface area contributed by atoms with Gasteiger partial charge in [0, 0.05) is 23.3 Å². The van der Waals surface area contributed by atoms with Crippen molar-refractivity contribution >= 4 is 39.9 Å². The second-order valence-electron chi connectivity index (χ2n) is 4.35. The van der Waals surface area contributed by atoms with Crippen LogP contribution in [0, 0.1) is 0 Å². The normalized spacial score (nSPS) is 18.4. The molecule has 0 N–H and O–H groups in total. The molecule has 0 aromatic heterocycles. The summed E-state index contributed by atoms with van der Waals surface area (Å²) < 4.78 is 9.56. The van der Waals surface area contributed by atoms with E-state index < -0.39 is 23.8 Å². The molecular weight excluding hydrogens is 429 g/mol. The van der Waals surface area contributed by atoms with Crippen molar-refractivity contribution in [2.24, 2.45) is 0 Å². The third kappa shape index (κ3) is 36.6. The Balaban J connectivity index is 0. The summed E-state index contributed by atoms with van der Waals surface area (Å²) in [6.45, 7) is 4.50. The third-order valence-corrected chi connectivity index (χ3v) is 2.26. The zero-order valence-corrected chi connectivity index (χ0v) is 17.0. The molecule has 3 nitrogen and oxygen atoms in total. The van der Waals surface area contributed by atoms with Crippen LogP contribution in [0.1, 0.15) is 38.5 Å². The molecule has 0 aliphatic carbocycles. The van der Waals surface area contributed by atoms with Crippen molar-refractivity contribution in [3.63, 3.8) is 0 Å². The van der Waals surface area contributed by atoms with Crippen LogP contribution in [0.25, 0.3) is 10.6 Å². The van der Waals surface area contributed by atoms with Gasteiger partial charge in [0.2, 0.25) is 0 Å². The molecule has 0 unspecified atom stereocenters. The molecule has 2 aliphatic heterocycles. The van der Waals surface area contributed by atoms with Crippen molar-refractivity contribution in [1.29, 1.82) is 0 Å². The van der Waals surface area contributed by atoms with E-state index in [1.165, 1.54) is 38.5 Å². The number of nitrogens with zero attached hydrogens (tertiary/aromatic N) is 2. The Morgan fingerprint density at radius 3 is 1.00 bits per heavy atom. The third-order valence-electron chi connectivity index (χ3n) is 2.26. The number of piperidine rings is 2. The fourth-order valence-electron chi connectivity index (χ4n) is 1.47. The van der Waals surface area contributed by atoms with Crippen LogP contribution in [0.15, 0.2) is 0 Å². The van der Waals surface area contributed by atoms with Crippen molar-refractivity contribution in [3.8, 4) is 0 Å². The molecule has 2 heterocycles. The summed E-state index contributed by atoms with van der Waals surface area (Å²) in [5, 5.41) is 8.35. The van der Waals surface area contributed by atoms with Crippen LogP contribution in [0.3, 0.4) is 0 Å². The summed E-state index contributed by atoms with van der Waals surface area (Å²) >= 11 is -1.66. The monoisotopic (exact) mass is 454 g/mol. The summed E-state index contributed by atoms with van der Waals surface area (Å²) in [6.07, 6.45) is 11.4. The van der Waals surface area contributed by atoms with E-state index >= 15 is 0 Å². The van der Waals surface area contributed by atoms with Gasteiger partial charge in [-0.25, -0.2) is 0 Å². The first-order valence-electron chi connectivity index (χ1n) is 6.63. The van der Waals surface area contributed by atoms with Gasteiger partial charge in [-0.15, -0.1) is 26.2 Å². The molecule has 2 saturated heterocycles. The molecule has 2 fully saturated rings. The predicted octanol–water partition coefficient (Wildman–Crippen LogP) is 5.15. The molecule has 2 aliphatic rings. The van der Waals surface area contributed by atoms with Crippen LogP contribution in [0.2, 0.25) is 0 Å². The Morgan fingerprint density at radius 2 is 0.950 bits per heavy atom. The molecule has 0 bridgehead atoms. The number of rotatable bonds is 0. The Bertz CT molecular complexity index is 165. The fourth-order valence-corrected chi connectivity index (χ4v) is 1.47. The fraction of sp³-hybridized carbons (Fsp3) is 1.00. The number of hydrogen-bond donors (Lipinski definition) is 0. The maximum atomic E-state index is 9.56. The molecule has 0 aromatic rings. The average Bonchev–Trinajstić information content (AvgIpc) is 2.42. The van der Waals surface area contributed by atoms with Crippen molar-refractivity contribution in [2.45, 2.75) is 38.5 Å². The van der Waals surface area contributed by atoms with Gasteiger partial charge in [-0.2, -0.15) is 0 Å². The predicted molar refractivity (Wildman–Crippen MR) is 91.4 cm³/mol. The van der Waals surface area contributed by atoms with E-state index in [-0.39, 0.29) is 0 Å². The first-order chi connectivity index (χ1) is 9.46. The molecule has 0 aromatic carbocycles. The minimum absolute atomic E-state index is 0.611.